The van der Waals surface area contributed by atoms with Crippen molar-refractivity contribution in [3.63, 3.8) is 0 Å². The van der Waals surface area contributed by atoms with Crippen molar-refractivity contribution in [3.8, 4) is 11.5 Å². The van der Waals surface area contributed by atoms with Gasteiger partial charge >= 0.3 is 32.1 Å². The predicted molar refractivity (Wildman–Crippen MR) is 304 cm³/mol. The first-order valence-electron chi connectivity index (χ1n) is 29.5. The largest absolute Gasteiger partial charge is 0.492 e. The summed E-state index contributed by atoms with van der Waals surface area (Å²) in [5, 5.41) is 53.0. The number of hydrogen-bond acceptors (Lipinski definition) is 16. The Morgan fingerprint density at radius 3 is 1.40 bits per heavy atom. The van der Waals surface area contributed by atoms with Crippen LogP contribution in [0.2, 0.25) is 0 Å². The Kier molecular flexibility index (Phi) is 17.0. The highest BCUT2D eigenvalue weighted by Crippen LogP contribution is 2.70. The summed E-state index contributed by atoms with van der Waals surface area (Å²) >= 11 is 0. The molecule has 18 atom stereocenters. The van der Waals surface area contributed by atoms with Crippen molar-refractivity contribution in [1.82, 2.24) is 0 Å². The van der Waals surface area contributed by atoms with Crippen molar-refractivity contribution < 1.29 is 82.4 Å². The number of carboxylic acid groups (broad SMARTS) is 1. The normalized spacial score (nSPS) is 39.8. The van der Waals surface area contributed by atoms with Gasteiger partial charge in [-0.2, -0.15) is 0 Å². The molecule has 0 amide bonds. The van der Waals surface area contributed by atoms with Gasteiger partial charge in [-0.05, 0) is 139 Å². The Morgan fingerprint density at radius 1 is 0.646 bits per heavy atom. The number of ether oxygens (including phenoxy) is 4. The highest BCUT2D eigenvalue weighted by atomic mass is 16.6. The molecular formula is C63H84B2O17. The van der Waals surface area contributed by atoms with E-state index >= 15 is 0 Å². The quantitative estimate of drug-likeness (QED) is 0.0731. The van der Waals surface area contributed by atoms with Crippen molar-refractivity contribution in [3.05, 3.63) is 72.8 Å². The van der Waals surface area contributed by atoms with E-state index in [1.807, 2.05) is 13.8 Å². The molecule has 10 rings (SSSR count). The molecule has 2 aromatic carbocycles. The molecule has 19 heteroatoms. The number of aliphatic hydroxyl groups is 2. The molecule has 0 saturated heterocycles. The number of hydrogen-bond donors (Lipinski definition) is 5. The number of carbonyl (C=O) groups is 6. The van der Waals surface area contributed by atoms with Gasteiger partial charge in [-0.15, -0.1) is 13.2 Å². The molecule has 82 heavy (non-hydrogen) atoms. The van der Waals surface area contributed by atoms with E-state index in [1.165, 1.54) is 13.0 Å². The Morgan fingerprint density at radius 2 is 1.04 bits per heavy atom. The lowest BCUT2D eigenvalue weighted by Gasteiger charge is -2.61. The van der Waals surface area contributed by atoms with E-state index in [-0.39, 0.29) is 83.1 Å². The Labute approximate surface area is 482 Å². The molecule has 0 spiro atoms. The molecule has 6 saturated carbocycles. The zero-order valence-electron chi connectivity index (χ0n) is 49.2. The van der Waals surface area contributed by atoms with Crippen molar-refractivity contribution >= 4 is 60.4 Å². The average molecular weight is 1130 g/mol. The van der Waals surface area contributed by atoms with Crippen molar-refractivity contribution in [2.75, 3.05) is 13.2 Å². The van der Waals surface area contributed by atoms with E-state index in [0.717, 1.165) is 44.1 Å². The topological polar surface area (TPSA) is 259 Å². The van der Waals surface area contributed by atoms with Crippen molar-refractivity contribution in [1.29, 1.82) is 0 Å². The smallest absolute Gasteiger partial charge is 0.482 e. The van der Waals surface area contributed by atoms with Crippen LogP contribution in [0.15, 0.2) is 61.7 Å². The average Bonchev–Trinajstić information content (AvgIpc) is 1.90. The highest BCUT2D eigenvalue weighted by Gasteiger charge is 2.70. The SMILES string of the molecule is C=C[C@]1(C)C[C@@H](OC(=O)COc2ccc3c(c2)B(O)OC3CC(=O)O)[C@]2(C)[C@H](C)CC[C@]3(CCC(=O)[C@H]32)[C@@H](C)[C@@H]1O.C=C[C@]1(C)C[C@@H](OC(=O)COc2ccc3c(c2)B(O)OC3CC(C)=O)[C@]2(C)[C@H](C)CC[C@]3(CCC(=O)[C@H]32)[C@@H](C)[C@@H]1O. The number of rotatable bonds is 14. The number of carbonyl (C=O) groups excluding carboxylic acids is 5. The standard InChI is InChI=1S/C32H43BO8.C31H41BO9/c1-7-30(5)16-26(31(6)18(2)10-12-32(20(4)29(30)37)13-11-24(35)28(31)32)40-27(36)17-39-21-8-9-22-23(15-21)33(38)41-25(22)14-19(3)34;1-6-29(4)15-24(30(5)17(2)9-11-31(18(3)28(29)37)12-10-22(33)27(30)31)40-26(36)16-39-19-7-8-20-21(13-19)32(38)41-23(20)14-25(34)35/h7-9,15,18,20,25-26,28-29,37-38H,1,10-14,16-17H2,2-6H3;6-8,13,17-18,23-24,27-28,37-38H,1,9-12,14-16H2,2-5H3,(H,34,35)/t18-,20+,25?,26-,28+,29+,30-,31+,32+;17-,18+,23?,24-,27+,28+,29-,30+,31+/m11/s1. The second kappa shape index (κ2) is 22.7. The van der Waals surface area contributed by atoms with Gasteiger partial charge in [0.05, 0.1) is 30.8 Å². The summed E-state index contributed by atoms with van der Waals surface area (Å²) in [6.07, 6.45) is 6.05. The number of aliphatic carboxylic acids is 1. The predicted octanol–water partition coefficient (Wildman–Crippen LogP) is 6.92. The number of fused-ring (bicyclic) bond motifs is 2. The molecule has 8 aliphatic rings. The fraction of sp³-hybridized carbons (Fsp3) is 0.651. The fourth-order valence-corrected chi connectivity index (χ4v) is 17.3. The molecule has 6 fully saturated rings. The third-order valence-corrected chi connectivity index (χ3v) is 22.6. The number of carboxylic acids is 1. The van der Waals surface area contributed by atoms with Gasteiger partial charge in [-0.1, -0.05) is 79.7 Å². The maximum atomic E-state index is 13.5. The maximum Gasteiger partial charge on any atom is 0.492 e. The second-order valence-electron chi connectivity index (χ2n) is 26.7. The number of ketones is 3. The van der Waals surface area contributed by atoms with Gasteiger partial charge in [0, 0.05) is 52.8 Å². The summed E-state index contributed by atoms with van der Waals surface area (Å²) in [6, 6.07) is 9.80. The molecule has 2 heterocycles. The molecule has 5 N–H and O–H groups in total. The van der Waals surface area contributed by atoms with Crippen LogP contribution in [0.3, 0.4) is 0 Å². The van der Waals surface area contributed by atoms with E-state index in [2.05, 4.69) is 54.7 Å². The van der Waals surface area contributed by atoms with Gasteiger partial charge in [0.1, 0.15) is 41.1 Å². The number of benzene rings is 2. The van der Waals surface area contributed by atoms with Gasteiger partial charge < -0.3 is 53.6 Å². The summed E-state index contributed by atoms with van der Waals surface area (Å²) in [5.41, 5.74) is -1.15. The highest BCUT2D eigenvalue weighted by molar-refractivity contribution is 6.62. The number of aliphatic hydroxyl groups excluding tert-OH is 2. The molecule has 6 aliphatic carbocycles. The molecule has 17 nitrogen and oxygen atoms in total. The molecule has 0 radical (unpaired) electrons. The zero-order chi connectivity index (χ0) is 59.8. The first-order valence-corrected chi connectivity index (χ1v) is 29.5. The molecular weight excluding hydrogens is 1050 g/mol. The van der Waals surface area contributed by atoms with Crippen molar-refractivity contribution in [2.45, 2.75) is 176 Å². The minimum absolute atomic E-state index is 0.0422. The van der Waals surface area contributed by atoms with E-state index in [0.29, 0.717) is 53.7 Å². The first-order chi connectivity index (χ1) is 38.5. The van der Waals surface area contributed by atoms with E-state index < -0.39 is 97.0 Å². The van der Waals surface area contributed by atoms with Gasteiger partial charge in [-0.25, -0.2) is 9.59 Å². The summed E-state index contributed by atoms with van der Waals surface area (Å²) in [7, 11) is -2.47. The summed E-state index contributed by atoms with van der Waals surface area (Å²) < 4.78 is 34.9. The molecule has 444 valence electrons. The van der Waals surface area contributed by atoms with Crippen LogP contribution in [-0.2, 0) is 47.5 Å². The molecule has 4 bridgehead atoms. The first kappa shape index (κ1) is 61.4. The Bertz CT molecular complexity index is 2690. The van der Waals surface area contributed by atoms with Gasteiger partial charge in [-0.3, -0.25) is 19.2 Å². The summed E-state index contributed by atoms with van der Waals surface area (Å²) in [5.74, 6) is -1.72. The minimum Gasteiger partial charge on any atom is -0.482 e. The lowest BCUT2D eigenvalue weighted by Crippen LogP contribution is -2.63. The number of esters is 2. The van der Waals surface area contributed by atoms with Crippen LogP contribution in [0.1, 0.15) is 163 Å². The van der Waals surface area contributed by atoms with E-state index in [9.17, 15) is 49.0 Å². The van der Waals surface area contributed by atoms with Crippen LogP contribution in [0.4, 0.5) is 0 Å². The summed E-state index contributed by atoms with van der Waals surface area (Å²) in [6.45, 7) is 25.3. The zero-order valence-corrected chi connectivity index (χ0v) is 49.2. The van der Waals surface area contributed by atoms with Gasteiger partial charge in [0.2, 0.25) is 0 Å². The van der Waals surface area contributed by atoms with E-state index in [1.54, 1.807) is 42.5 Å². The number of Topliss-reactive ketones (excluding diaryl/α,β-unsaturated/α-hetero) is 3. The molecule has 2 unspecified atom stereocenters. The lowest BCUT2D eigenvalue weighted by molar-refractivity contribution is -0.207. The Hall–Kier alpha value is -5.17. The molecule has 2 aliphatic heterocycles. The fourth-order valence-electron chi connectivity index (χ4n) is 17.3. The second-order valence-corrected chi connectivity index (χ2v) is 26.7. The van der Waals surface area contributed by atoms with Crippen LogP contribution in [0.5, 0.6) is 11.5 Å². The van der Waals surface area contributed by atoms with Crippen LogP contribution >= 0.6 is 0 Å². The minimum atomic E-state index is -1.29. The van der Waals surface area contributed by atoms with Crippen molar-refractivity contribution in [2.24, 2.45) is 68.0 Å². The monoisotopic (exact) mass is 1130 g/mol. The third-order valence-electron chi connectivity index (χ3n) is 22.6. The summed E-state index contributed by atoms with van der Waals surface area (Å²) in [4.78, 5) is 76.4. The van der Waals surface area contributed by atoms with Crippen LogP contribution in [0, 0.1) is 68.0 Å². The van der Waals surface area contributed by atoms with Gasteiger partial charge in [0.15, 0.2) is 13.2 Å². The van der Waals surface area contributed by atoms with Crippen LogP contribution in [-0.4, -0.2) is 112 Å². The molecule has 0 aromatic heterocycles. The van der Waals surface area contributed by atoms with Crippen LogP contribution < -0.4 is 20.4 Å². The van der Waals surface area contributed by atoms with E-state index in [4.69, 9.17) is 33.4 Å². The van der Waals surface area contributed by atoms with Crippen LogP contribution in [0.25, 0.3) is 0 Å². The van der Waals surface area contributed by atoms with Gasteiger partial charge in [0.25, 0.3) is 0 Å². The Balaban J connectivity index is 0.000000198. The molecule has 2 aromatic rings. The third kappa shape index (κ3) is 10.3. The maximum absolute atomic E-state index is 13.5. The lowest BCUT2D eigenvalue weighted by atomic mass is 9.44.